The van der Waals surface area contributed by atoms with E-state index in [2.05, 4.69) is 15.0 Å². The van der Waals surface area contributed by atoms with Crippen molar-refractivity contribution in [2.75, 3.05) is 5.73 Å². The Morgan fingerprint density at radius 2 is 1.78 bits per heavy atom. The summed E-state index contributed by atoms with van der Waals surface area (Å²) >= 11 is 0. The molecule has 0 saturated carbocycles. The Kier molecular flexibility index (Phi) is 3.08. The largest absolute Gasteiger partial charge is 0.384 e. The van der Waals surface area contributed by atoms with Crippen LogP contribution in [0.4, 0.5) is 5.82 Å². The van der Waals surface area contributed by atoms with Crippen molar-refractivity contribution in [3.8, 4) is 0 Å². The SMILES string of the molecule is CC[C@]1(C)O[C@](C)(n2cnc3c(N)ncnc32)[C@](C)(O)C1(C)O. The average molecular weight is 321 g/mol. The van der Waals surface area contributed by atoms with Crippen LogP contribution in [0.2, 0.25) is 0 Å². The van der Waals surface area contributed by atoms with Crippen molar-refractivity contribution in [2.45, 2.75) is 63.6 Å². The topological polar surface area (TPSA) is 119 Å². The zero-order chi connectivity index (χ0) is 17.3. The summed E-state index contributed by atoms with van der Waals surface area (Å²) in [7, 11) is 0. The standard InChI is InChI=1S/C15H23N5O3/c1-6-12(2)13(3,21)14(4,22)15(5,23-12)20-8-19-9-10(16)17-7-18-11(9)20/h7-8,21-22H,6H2,1-5H3,(H2,16,17,18)/t12-,13?,14+,15-/m0/s1. The second-order valence-corrected chi connectivity index (χ2v) is 6.86. The number of anilines is 1. The Bertz CT molecular complexity index is 772. The third kappa shape index (κ3) is 1.68. The number of nitrogens with two attached hydrogens (primary N) is 1. The molecule has 3 rings (SSSR count). The van der Waals surface area contributed by atoms with Crippen LogP contribution >= 0.6 is 0 Å². The monoisotopic (exact) mass is 321 g/mol. The number of nitrogen functional groups attached to an aromatic ring is 1. The van der Waals surface area contributed by atoms with Gasteiger partial charge in [-0.05, 0) is 34.1 Å². The molecule has 23 heavy (non-hydrogen) atoms. The fourth-order valence-corrected chi connectivity index (χ4v) is 3.47. The maximum Gasteiger partial charge on any atom is 0.176 e. The first-order valence-corrected chi connectivity index (χ1v) is 7.61. The molecule has 0 radical (unpaired) electrons. The lowest BCUT2D eigenvalue weighted by atomic mass is 9.72. The van der Waals surface area contributed by atoms with E-state index in [1.54, 1.807) is 32.3 Å². The van der Waals surface area contributed by atoms with Crippen molar-refractivity contribution in [3.05, 3.63) is 12.7 Å². The maximum atomic E-state index is 11.2. The van der Waals surface area contributed by atoms with E-state index in [4.69, 9.17) is 10.5 Å². The normalized spacial score (nSPS) is 40.8. The molecule has 1 aliphatic rings. The number of aromatic nitrogens is 4. The molecule has 4 N–H and O–H groups in total. The Labute approximate surface area is 134 Å². The van der Waals surface area contributed by atoms with Gasteiger partial charge in [0.05, 0.1) is 11.9 Å². The van der Waals surface area contributed by atoms with Gasteiger partial charge in [0.25, 0.3) is 0 Å². The lowest BCUT2D eigenvalue weighted by Gasteiger charge is -2.42. The summed E-state index contributed by atoms with van der Waals surface area (Å²) in [4.78, 5) is 12.4. The highest BCUT2D eigenvalue weighted by atomic mass is 16.6. The highest BCUT2D eigenvalue weighted by Crippen LogP contribution is 2.56. The van der Waals surface area contributed by atoms with Crippen molar-refractivity contribution in [1.82, 2.24) is 19.5 Å². The van der Waals surface area contributed by atoms with Crippen molar-refractivity contribution >= 4 is 17.0 Å². The number of rotatable bonds is 2. The van der Waals surface area contributed by atoms with Crippen LogP contribution in [0.1, 0.15) is 41.0 Å². The molecule has 4 atom stereocenters. The fraction of sp³-hybridized carbons (Fsp3) is 0.667. The number of nitrogens with zero attached hydrogens (tertiary/aromatic N) is 4. The molecule has 3 heterocycles. The van der Waals surface area contributed by atoms with E-state index in [-0.39, 0.29) is 5.82 Å². The molecule has 0 aliphatic carbocycles. The fourth-order valence-electron chi connectivity index (χ4n) is 3.47. The zero-order valence-corrected chi connectivity index (χ0v) is 14.0. The number of imidazole rings is 1. The summed E-state index contributed by atoms with van der Waals surface area (Å²) in [5.74, 6) is 0.250. The highest BCUT2D eigenvalue weighted by Gasteiger charge is 2.72. The van der Waals surface area contributed by atoms with E-state index >= 15 is 0 Å². The van der Waals surface area contributed by atoms with Crippen molar-refractivity contribution in [1.29, 1.82) is 0 Å². The van der Waals surface area contributed by atoms with Crippen LogP contribution in [0, 0.1) is 0 Å². The summed E-state index contributed by atoms with van der Waals surface area (Å²) in [5, 5.41) is 22.2. The lowest BCUT2D eigenvalue weighted by molar-refractivity contribution is -0.189. The van der Waals surface area contributed by atoms with Gasteiger partial charge in [-0.3, -0.25) is 4.57 Å². The third-order valence-electron chi connectivity index (χ3n) is 5.80. The number of fused-ring (bicyclic) bond motifs is 1. The smallest absolute Gasteiger partial charge is 0.176 e. The predicted molar refractivity (Wildman–Crippen MR) is 84.4 cm³/mol. The van der Waals surface area contributed by atoms with Crippen molar-refractivity contribution in [3.63, 3.8) is 0 Å². The lowest BCUT2D eigenvalue weighted by Crippen LogP contribution is -2.62. The van der Waals surface area contributed by atoms with E-state index in [0.29, 0.717) is 17.6 Å². The first-order chi connectivity index (χ1) is 10.5. The van der Waals surface area contributed by atoms with Crippen LogP contribution in [0.5, 0.6) is 0 Å². The molecule has 8 heteroatoms. The molecule has 126 valence electrons. The van der Waals surface area contributed by atoms with Gasteiger partial charge in [0, 0.05) is 0 Å². The van der Waals surface area contributed by atoms with E-state index in [0.717, 1.165) is 0 Å². The van der Waals surface area contributed by atoms with Gasteiger partial charge in [0.2, 0.25) is 0 Å². The van der Waals surface area contributed by atoms with Crippen LogP contribution in [-0.2, 0) is 10.5 Å². The number of ether oxygens (including phenoxy) is 1. The Balaban J connectivity index is 2.27. The minimum atomic E-state index is -1.60. The van der Waals surface area contributed by atoms with E-state index in [1.165, 1.54) is 12.7 Å². The predicted octanol–water partition coefficient (Wildman–Crippen LogP) is 0.782. The summed E-state index contributed by atoms with van der Waals surface area (Å²) < 4.78 is 7.84. The molecule has 2 aromatic rings. The number of hydrogen-bond donors (Lipinski definition) is 3. The summed E-state index contributed by atoms with van der Waals surface area (Å²) in [6, 6.07) is 0. The minimum absolute atomic E-state index is 0.250. The van der Waals surface area contributed by atoms with E-state index in [1.807, 2.05) is 6.92 Å². The van der Waals surface area contributed by atoms with E-state index in [9.17, 15) is 10.2 Å². The molecule has 0 spiro atoms. The molecular weight excluding hydrogens is 298 g/mol. The van der Waals surface area contributed by atoms with Gasteiger partial charge in [-0.15, -0.1) is 0 Å². The third-order valence-corrected chi connectivity index (χ3v) is 5.80. The molecule has 0 aromatic carbocycles. The quantitative estimate of drug-likeness (QED) is 0.747. The summed E-state index contributed by atoms with van der Waals surface area (Å²) in [5.41, 5.74) is 1.39. The van der Waals surface area contributed by atoms with Crippen LogP contribution in [0.15, 0.2) is 12.7 Å². The number of aliphatic hydroxyl groups is 2. The second-order valence-electron chi connectivity index (χ2n) is 6.86. The molecule has 1 fully saturated rings. The van der Waals surface area contributed by atoms with Gasteiger partial charge in [-0.25, -0.2) is 15.0 Å². The van der Waals surface area contributed by atoms with Gasteiger partial charge in [0.15, 0.2) is 17.2 Å². The first kappa shape index (κ1) is 16.1. The van der Waals surface area contributed by atoms with Gasteiger partial charge in [-0.2, -0.15) is 0 Å². The van der Waals surface area contributed by atoms with Gasteiger partial charge in [-0.1, -0.05) is 6.92 Å². The second kappa shape index (κ2) is 4.40. The van der Waals surface area contributed by atoms with Crippen molar-refractivity contribution < 1.29 is 14.9 Å². The Hall–Kier alpha value is -1.77. The summed E-state index contributed by atoms with van der Waals surface area (Å²) in [6.07, 6.45) is 3.36. The van der Waals surface area contributed by atoms with E-state index < -0.39 is 22.5 Å². The minimum Gasteiger partial charge on any atom is -0.384 e. The Morgan fingerprint density at radius 3 is 2.35 bits per heavy atom. The molecule has 0 amide bonds. The molecule has 0 bridgehead atoms. The van der Waals surface area contributed by atoms with Gasteiger partial charge in [0.1, 0.15) is 23.0 Å². The molecule has 2 aromatic heterocycles. The number of hydrogen-bond acceptors (Lipinski definition) is 7. The van der Waals surface area contributed by atoms with Gasteiger partial charge < -0.3 is 20.7 Å². The maximum absolute atomic E-state index is 11.2. The molecular formula is C15H23N5O3. The van der Waals surface area contributed by atoms with Crippen LogP contribution in [-0.4, -0.2) is 46.5 Å². The summed E-state index contributed by atoms with van der Waals surface area (Å²) in [6.45, 7) is 8.55. The van der Waals surface area contributed by atoms with Crippen LogP contribution in [0.3, 0.4) is 0 Å². The highest BCUT2D eigenvalue weighted by molar-refractivity contribution is 5.81. The van der Waals surface area contributed by atoms with Crippen LogP contribution in [0.25, 0.3) is 11.2 Å². The molecule has 1 saturated heterocycles. The van der Waals surface area contributed by atoms with Crippen molar-refractivity contribution in [2.24, 2.45) is 0 Å². The Morgan fingerprint density at radius 1 is 1.13 bits per heavy atom. The molecule has 8 nitrogen and oxygen atoms in total. The average Bonchev–Trinajstić information content (AvgIpc) is 2.95. The first-order valence-electron chi connectivity index (χ1n) is 7.61. The molecule has 1 aliphatic heterocycles. The molecule has 1 unspecified atom stereocenters. The van der Waals surface area contributed by atoms with Gasteiger partial charge >= 0.3 is 0 Å². The van der Waals surface area contributed by atoms with Crippen LogP contribution < -0.4 is 5.73 Å². The zero-order valence-electron chi connectivity index (χ0n) is 14.0.